The fourth-order valence-corrected chi connectivity index (χ4v) is 5.31. The molecule has 0 unspecified atom stereocenters. The first kappa shape index (κ1) is 27.7. The number of hydrogen-bond donors (Lipinski definition) is 2. The molecule has 0 aliphatic carbocycles. The van der Waals surface area contributed by atoms with Gasteiger partial charge >= 0.3 is 6.36 Å². The van der Waals surface area contributed by atoms with E-state index in [2.05, 4.69) is 15.4 Å². The van der Waals surface area contributed by atoms with Crippen molar-refractivity contribution in [3.63, 3.8) is 0 Å². The predicted molar refractivity (Wildman–Crippen MR) is 133 cm³/mol. The van der Waals surface area contributed by atoms with E-state index in [0.717, 1.165) is 12.1 Å². The molecule has 206 valence electrons. The SMILES string of the molecule is O=C(COc1ccc(OC(F)(F)F)cc1)NC1(C(=O)N2CCCN(C(=O)c3cccs3)CC2)CCNCC1. The minimum absolute atomic E-state index is 0.0469. The number of hydrogen-bond acceptors (Lipinski definition) is 7. The van der Waals surface area contributed by atoms with Crippen LogP contribution >= 0.6 is 11.3 Å². The number of nitrogens with zero attached hydrogens (tertiary/aromatic N) is 2. The summed E-state index contributed by atoms with van der Waals surface area (Å²) in [5.74, 6) is -0.967. The van der Waals surface area contributed by atoms with Gasteiger partial charge in [-0.2, -0.15) is 0 Å². The number of rotatable bonds is 7. The summed E-state index contributed by atoms with van der Waals surface area (Å²) < 4.78 is 46.2. The van der Waals surface area contributed by atoms with Crippen LogP contribution in [0.4, 0.5) is 13.2 Å². The third-order valence-electron chi connectivity index (χ3n) is 6.47. The number of alkyl halides is 3. The molecule has 0 bridgehead atoms. The molecular formula is C25H29F3N4O5S. The Morgan fingerprint density at radius 1 is 0.974 bits per heavy atom. The van der Waals surface area contributed by atoms with Gasteiger partial charge in [-0.25, -0.2) is 0 Å². The molecule has 1 aromatic carbocycles. The Hall–Kier alpha value is -3.32. The highest BCUT2D eigenvalue weighted by molar-refractivity contribution is 7.12. The summed E-state index contributed by atoms with van der Waals surface area (Å²) >= 11 is 1.38. The smallest absolute Gasteiger partial charge is 0.484 e. The van der Waals surface area contributed by atoms with Crippen molar-refractivity contribution in [3.8, 4) is 11.5 Å². The molecule has 38 heavy (non-hydrogen) atoms. The van der Waals surface area contributed by atoms with Gasteiger partial charge in [0, 0.05) is 26.2 Å². The second kappa shape index (κ2) is 12.0. The molecule has 2 N–H and O–H groups in total. The molecule has 0 saturated carbocycles. The van der Waals surface area contributed by atoms with Crippen molar-refractivity contribution in [1.29, 1.82) is 0 Å². The Labute approximate surface area is 221 Å². The monoisotopic (exact) mass is 554 g/mol. The average molecular weight is 555 g/mol. The maximum Gasteiger partial charge on any atom is 0.573 e. The molecule has 2 saturated heterocycles. The van der Waals surface area contributed by atoms with E-state index in [4.69, 9.17) is 4.74 Å². The molecule has 9 nitrogen and oxygen atoms in total. The Bertz CT molecular complexity index is 1110. The first-order chi connectivity index (χ1) is 18.2. The molecule has 3 amide bonds. The fraction of sp³-hybridized carbons (Fsp3) is 0.480. The van der Waals surface area contributed by atoms with Crippen molar-refractivity contribution in [2.75, 3.05) is 45.9 Å². The Balaban J connectivity index is 1.35. The van der Waals surface area contributed by atoms with E-state index in [0.29, 0.717) is 63.4 Å². The van der Waals surface area contributed by atoms with E-state index in [9.17, 15) is 27.6 Å². The van der Waals surface area contributed by atoms with E-state index in [-0.39, 0.29) is 17.6 Å². The second-order valence-electron chi connectivity index (χ2n) is 9.10. The number of thiophene rings is 1. The van der Waals surface area contributed by atoms with Crippen LogP contribution in [-0.2, 0) is 9.59 Å². The van der Waals surface area contributed by atoms with Crippen LogP contribution in [0.5, 0.6) is 11.5 Å². The highest BCUT2D eigenvalue weighted by atomic mass is 32.1. The summed E-state index contributed by atoms with van der Waals surface area (Å²) in [4.78, 5) is 43.4. The van der Waals surface area contributed by atoms with E-state index in [1.54, 1.807) is 15.9 Å². The molecule has 4 rings (SSSR count). The van der Waals surface area contributed by atoms with Crippen LogP contribution in [0.25, 0.3) is 0 Å². The molecule has 2 aromatic rings. The number of amides is 3. The topological polar surface area (TPSA) is 100 Å². The van der Waals surface area contributed by atoms with Gasteiger partial charge in [0.2, 0.25) is 5.91 Å². The van der Waals surface area contributed by atoms with Gasteiger partial charge in [-0.15, -0.1) is 24.5 Å². The van der Waals surface area contributed by atoms with Crippen molar-refractivity contribution >= 4 is 29.1 Å². The second-order valence-corrected chi connectivity index (χ2v) is 10.1. The lowest BCUT2D eigenvalue weighted by molar-refractivity contribution is -0.274. The van der Waals surface area contributed by atoms with Gasteiger partial charge < -0.3 is 29.9 Å². The highest BCUT2D eigenvalue weighted by Gasteiger charge is 2.44. The van der Waals surface area contributed by atoms with Crippen molar-refractivity contribution < 1.29 is 37.0 Å². The highest BCUT2D eigenvalue weighted by Crippen LogP contribution is 2.26. The number of benzene rings is 1. The van der Waals surface area contributed by atoms with Gasteiger partial charge in [-0.1, -0.05) is 6.07 Å². The summed E-state index contributed by atoms with van der Waals surface area (Å²) in [5, 5.41) is 7.93. The first-order valence-electron chi connectivity index (χ1n) is 12.3. The number of ether oxygens (including phenoxy) is 2. The third kappa shape index (κ3) is 7.16. The van der Waals surface area contributed by atoms with Crippen molar-refractivity contribution in [2.45, 2.75) is 31.2 Å². The maximum atomic E-state index is 13.7. The number of carbonyl (C=O) groups is 3. The number of carbonyl (C=O) groups excluding carboxylic acids is 3. The zero-order chi connectivity index (χ0) is 27.2. The van der Waals surface area contributed by atoms with Crippen molar-refractivity contribution in [3.05, 3.63) is 46.7 Å². The molecule has 0 spiro atoms. The zero-order valence-corrected chi connectivity index (χ0v) is 21.4. The summed E-state index contributed by atoms with van der Waals surface area (Å²) in [6, 6.07) is 8.32. The molecule has 13 heteroatoms. The van der Waals surface area contributed by atoms with Gasteiger partial charge in [0.25, 0.3) is 11.8 Å². The van der Waals surface area contributed by atoms with Gasteiger partial charge in [-0.05, 0) is 68.1 Å². The number of nitrogens with one attached hydrogen (secondary N) is 2. The van der Waals surface area contributed by atoms with Gasteiger partial charge in [0.15, 0.2) is 6.61 Å². The van der Waals surface area contributed by atoms with Crippen molar-refractivity contribution in [1.82, 2.24) is 20.4 Å². The molecule has 3 heterocycles. The van der Waals surface area contributed by atoms with E-state index in [1.165, 1.54) is 23.5 Å². The lowest BCUT2D eigenvalue weighted by Crippen LogP contribution is -2.64. The van der Waals surface area contributed by atoms with Gasteiger partial charge in [0.1, 0.15) is 17.0 Å². The van der Waals surface area contributed by atoms with Crippen LogP contribution in [0.1, 0.15) is 28.9 Å². The minimum atomic E-state index is -4.80. The Kier molecular flexibility index (Phi) is 8.77. The summed E-state index contributed by atoms with van der Waals surface area (Å²) in [5.41, 5.74) is -1.11. The molecule has 2 aliphatic rings. The molecule has 2 fully saturated rings. The molecule has 1 aromatic heterocycles. The maximum absolute atomic E-state index is 13.7. The van der Waals surface area contributed by atoms with E-state index in [1.807, 2.05) is 11.4 Å². The molecule has 2 aliphatic heterocycles. The minimum Gasteiger partial charge on any atom is -0.484 e. The normalized spacial score (nSPS) is 17.9. The number of piperidine rings is 1. The molecular weight excluding hydrogens is 525 g/mol. The predicted octanol–water partition coefficient (Wildman–Crippen LogP) is 2.64. The number of halogens is 3. The lowest BCUT2D eigenvalue weighted by Gasteiger charge is -2.40. The third-order valence-corrected chi connectivity index (χ3v) is 7.33. The standard InChI is InChI=1S/C25H29F3N4O5S/c26-25(27,28)37-19-6-4-18(5-7-19)36-17-21(33)30-24(8-10-29-11-9-24)23(35)32-13-2-12-31(14-15-32)22(34)20-3-1-16-38-20/h1,3-7,16,29H,2,8-15,17H2,(H,30,33). The van der Waals surface area contributed by atoms with Gasteiger partial charge in [0.05, 0.1) is 4.88 Å². The zero-order valence-electron chi connectivity index (χ0n) is 20.6. The fourth-order valence-electron chi connectivity index (χ4n) is 4.62. The van der Waals surface area contributed by atoms with Crippen LogP contribution in [0.15, 0.2) is 41.8 Å². The molecule has 0 radical (unpaired) electrons. The quantitative estimate of drug-likeness (QED) is 0.546. The van der Waals surface area contributed by atoms with E-state index >= 15 is 0 Å². The largest absolute Gasteiger partial charge is 0.573 e. The average Bonchev–Trinajstić information content (AvgIpc) is 3.32. The summed E-state index contributed by atoms with van der Waals surface area (Å²) in [6.07, 6.45) is -3.38. The Morgan fingerprint density at radius 3 is 2.29 bits per heavy atom. The molecule has 0 atom stereocenters. The van der Waals surface area contributed by atoms with Crippen LogP contribution in [0, 0.1) is 0 Å². The first-order valence-corrected chi connectivity index (χ1v) is 13.2. The van der Waals surface area contributed by atoms with Crippen LogP contribution in [0.2, 0.25) is 0 Å². The van der Waals surface area contributed by atoms with Crippen LogP contribution in [0.3, 0.4) is 0 Å². The van der Waals surface area contributed by atoms with Crippen LogP contribution < -0.4 is 20.1 Å². The lowest BCUT2D eigenvalue weighted by atomic mass is 9.86. The van der Waals surface area contributed by atoms with Crippen molar-refractivity contribution in [2.24, 2.45) is 0 Å². The van der Waals surface area contributed by atoms with Crippen LogP contribution in [-0.4, -0.2) is 85.3 Å². The Morgan fingerprint density at radius 2 is 1.63 bits per heavy atom. The van der Waals surface area contributed by atoms with E-state index < -0.39 is 30.2 Å². The summed E-state index contributed by atoms with van der Waals surface area (Å²) in [6.45, 7) is 2.47. The van der Waals surface area contributed by atoms with Gasteiger partial charge in [-0.3, -0.25) is 14.4 Å². The summed E-state index contributed by atoms with van der Waals surface area (Å²) in [7, 11) is 0.